The molecule has 3 aromatic heterocycles. The van der Waals surface area contributed by atoms with E-state index in [0.29, 0.717) is 32.4 Å². The fourth-order valence-electron chi connectivity index (χ4n) is 3.14. The van der Waals surface area contributed by atoms with Gasteiger partial charge in [0.1, 0.15) is 0 Å². The molecular weight excluding hydrogens is 434 g/mol. The van der Waals surface area contributed by atoms with Crippen LogP contribution in [0.5, 0.6) is 0 Å². The maximum Gasteiger partial charge on any atom is 0.339 e. The summed E-state index contributed by atoms with van der Waals surface area (Å²) in [5.74, 6) is 0.0932. The molecule has 152 valence electrons. The molecule has 3 heterocycles. The Morgan fingerprint density at radius 2 is 1.81 bits per heavy atom. The van der Waals surface area contributed by atoms with Crippen LogP contribution in [0.3, 0.4) is 0 Å². The topological polar surface area (TPSA) is 78.1 Å². The minimum Gasteiger partial charge on any atom is -0.452 e. The number of hydrogen-bond acceptors (Lipinski definition) is 7. The number of rotatable bonds is 5. The van der Waals surface area contributed by atoms with E-state index in [2.05, 4.69) is 15.2 Å². The molecule has 6 nitrogen and oxygen atoms in total. The van der Waals surface area contributed by atoms with Gasteiger partial charge in [0.25, 0.3) is 5.89 Å². The van der Waals surface area contributed by atoms with Crippen LogP contribution in [-0.2, 0) is 11.3 Å². The van der Waals surface area contributed by atoms with Crippen molar-refractivity contribution < 1.29 is 13.9 Å². The largest absolute Gasteiger partial charge is 0.452 e. The third kappa shape index (κ3) is 4.05. The van der Waals surface area contributed by atoms with Gasteiger partial charge in [-0.25, -0.2) is 9.78 Å². The second-order valence-corrected chi connectivity index (χ2v) is 8.33. The van der Waals surface area contributed by atoms with Gasteiger partial charge in [0.15, 0.2) is 6.61 Å². The summed E-state index contributed by atoms with van der Waals surface area (Å²) in [5.41, 5.74) is 2.56. The van der Waals surface area contributed by atoms with Crippen LogP contribution in [0.4, 0.5) is 0 Å². The van der Waals surface area contributed by atoms with Crippen LogP contribution in [0, 0.1) is 0 Å². The lowest BCUT2D eigenvalue weighted by atomic mass is 10.1. The maximum atomic E-state index is 12.9. The van der Waals surface area contributed by atoms with Crippen molar-refractivity contribution in [1.29, 1.82) is 0 Å². The zero-order chi connectivity index (χ0) is 21.2. The molecule has 31 heavy (non-hydrogen) atoms. The standard InChI is InChI=1S/C23H14ClN3O3S/c24-20-11-10-19(31-20)18-12-16(15-8-4-5-9-17(15)25-18)23(28)29-13-21-26-27-22(30-21)14-6-2-1-3-7-14/h1-12H,13H2. The lowest BCUT2D eigenvalue weighted by molar-refractivity contribution is 0.0441. The Balaban J connectivity index is 1.41. The van der Waals surface area contributed by atoms with Gasteiger partial charge in [-0.05, 0) is 36.4 Å². The van der Waals surface area contributed by atoms with Gasteiger partial charge in [-0.2, -0.15) is 0 Å². The van der Waals surface area contributed by atoms with Crippen molar-refractivity contribution in [3.8, 4) is 22.0 Å². The average Bonchev–Trinajstić information content (AvgIpc) is 3.46. The van der Waals surface area contributed by atoms with Crippen molar-refractivity contribution in [1.82, 2.24) is 15.2 Å². The third-order valence-electron chi connectivity index (χ3n) is 4.58. The first-order valence-corrected chi connectivity index (χ1v) is 10.6. The first kappa shape index (κ1) is 19.4. The predicted molar refractivity (Wildman–Crippen MR) is 119 cm³/mol. The molecule has 2 aromatic carbocycles. The van der Waals surface area contributed by atoms with Crippen molar-refractivity contribution in [3.63, 3.8) is 0 Å². The molecule has 0 bridgehead atoms. The number of benzene rings is 2. The zero-order valence-corrected chi connectivity index (χ0v) is 17.6. The van der Waals surface area contributed by atoms with Crippen molar-refractivity contribution in [3.05, 3.63) is 88.6 Å². The van der Waals surface area contributed by atoms with Crippen LogP contribution in [-0.4, -0.2) is 21.2 Å². The van der Waals surface area contributed by atoms with Gasteiger partial charge in [0.2, 0.25) is 5.89 Å². The summed E-state index contributed by atoms with van der Waals surface area (Å²) in [6, 6.07) is 22.2. The van der Waals surface area contributed by atoms with Crippen molar-refractivity contribution >= 4 is 39.8 Å². The zero-order valence-electron chi connectivity index (χ0n) is 16.0. The number of thiophene rings is 1. The Labute approximate surface area is 186 Å². The first-order valence-electron chi connectivity index (χ1n) is 9.38. The van der Waals surface area contributed by atoms with Gasteiger partial charge < -0.3 is 9.15 Å². The number of para-hydroxylation sites is 1. The van der Waals surface area contributed by atoms with Crippen LogP contribution in [0.15, 0.2) is 77.2 Å². The summed E-state index contributed by atoms with van der Waals surface area (Å²) < 4.78 is 11.7. The Bertz CT molecular complexity index is 1380. The molecule has 5 rings (SSSR count). The quantitative estimate of drug-likeness (QED) is 0.306. The third-order valence-corrected chi connectivity index (χ3v) is 5.83. The number of hydrogen-bond donors (Lipinski definition) is 0. The summed E-state index contributed by atoms with van der Waals surface area (Å²) in [6.07, 6.45) is 0. The molecule has 0 aliphatic rings. The molecule has 0 saturated carbocycles. The predicted octanol–water partition coefficient (Wildman–Crippen LogP) is 6.02. The molecule has 0 amide bonds. The van der Waals surface area contributed by atoms with Gasteiger partial charge in [-0.3, -0.25) is 0 Å². The summed E-state index contributed by atoms with van der Waals surface area (Å²) in [6.45, 7) is -0.129. The molecule has 5 aromatic rings. The van der Waals surface area contributed by atoms with Crippen LogP contribution in [0.2, 0.25) is 4.34 Å². The highest BCUT2D eigenvalue weighted by Gasteiger charge is 2.17. The van der Waals surface area contributed by atoms with Crippen LogP contribution in [0.1, 0.15) is 16.2 Å². The molecule has 0 radical (unpaired) electrons. The number of halogens is 1. The fraction of sp³-hybridized carbons (Fsp3) is 0.0435. The lowest BCUT2D eigenvalue weighted by Crippen LogP contribution is -2.07. The maximum absolute atomic E-state index is 12.9. The van der Waals surface area contributed by atoms with Gasteiger partial charge in [0.05, 0.1) is 26.0 Å². The van der Waals surface area contributed by atoms with E-state index in [4.69, 9.17) is 20.8 Å². The molecule has 0 fully saturated rings. The number of esters is 1. The summed E-state index contributed by atoms with van der Waals surface area (Å²) >= 11 is 7.47. The van der Waals surface area contributed by atoms with Crippen LogP contribution >= 0.6 is 22.9 Å². The number of nitrogens with zero attached hydrogens (tertiary/aromatic N) is 3. The number of aromatic nitrogens is 3. The van der Waals surface area contributed by atoms with E-state index in [-0.39, 0.29) is 12.5 Å². The van der Waals surface area contributed by atoms with Crippen molar-refractivity contribution in [2.75, 3.05) is 0 Å². The molecular formula is C23H14ClN3O3S. The van der Waals surface area contributed by atoms with Gasteiger partial charge in [-0.1, -0.05) is 48.0 Å². The van der Waals surface area contributed by atoms with E-state index in [1.807, 2.05) is 60.7 Å². The Morgan fingerprint density at radius 1 is 1.00 bits per heavy atom. The van der Waals surface area contributed by atoms with Gasteiger partial charge in [-0.15, -0.1) is 21.5 Å². The molecule has 0 aliphatic carbocycles. The fourth-order valence-corrected chi connectivity index (χ4v) is 4.14. The smallest absolute Gasteiger partial charge is 0.339 e. The Kier molecular flexibility index (Phi) is 5.19. The average molecular weight is 448 g/mol. The minimum absolute atomic E-state index is 0.129. The van der Waals surface area contributed by atoms with Crippen molar-refractivity contribution in [2.24, 2.45) is 0 Å². The Morgan fingerprint density at radius 3 is 2.61 bits per heavy atom. The van der Waals surface area contributed by atoms with Gasteiger partial charge >= 0.3 is 5.97 Å². The molecule has 0 aliphatic heterocycles. The molecule has 8 heteroatoms. The first-order chi connectivity index (χ1) is 15.2. The highest BCUT2D eigenvalue weighted by atomic mass is 35.5. The molecule has 0 spiro atoms. The van der Waals surface area contributed by atoms with E-state index in [9.17, 15) is 4.79 Å². The van der Waals surface area contributed by atoms with E-state index in [1.165, 1.54) is 11.3 Å². The van der Waals surface area contributed by atoms with Crippen LogP contribution in [0.25, 0.3) is 32.9 Å². The van der Waals surface area contributed by atoms with Crippen molar-refractivity contribution in [2.45, 2.75) is 6.61 Å². The van der Waals surface area contributed by atoms with E-state index >= 15 is 0 Å². The molecule has 0 unspecified atom stereocenters. The molecule has 0 saturated heterocycles. The summed E-state index contributed by atoms with van der Waals surface area (Å²) in [5, 5.41) is 8.69. The number of carbonyl (C=O) groups excluding carboxylic acids is 1. The van der Waals surface area contributed by atoms with E-state index in [1.54, 1.807) is 12.1 Å². The van der Waals surface area contributed by atoms with E-state index in [0.717, 1.165) is 10.4 Å². The normalized spacial score (nSPS) is 11.0. The summed E-state index contributed by atoms with van der Waals surface area (Å²) in [7, 11) is 0. The number of fused-ring (bicyclic) bond motifs is 1. The minimum atomic E-state index is -0.498. The second-order valence-electron chi connectivity index (χ2n) is 6.62. The second kappa shape index (κ2) is 8.29. The lowest BCUT2D eigenvalue weighted by Gasteiger charge is -2.08. The number of pyridine rings is 1. The number of carbonyl (C=O) groups is 1. The van der Waals surface area contributed by atoms with Gasteiger partial charge in [0, 0.05) is 10.9 Å². The number of ether oxygens (including phenoxy) is 1. The summed E-state index contributed by atoms with van der Waals surface area (Å²) in [4.78, 5) is 18.5. The SMILES string of the molecule is O=C(OCc1nnc(-c2ccccc2)o1)c1cc(-c2ccc(Cl)s2)nc2ccccc12. The highest BCUT2D eigenvalue weighted by Crippen LogP contribution is 2.32. The van der Waals surface area contributed by atoms with E-state index < -0.39 is 5.97 Å². The van der Waals surface area contributed by atoms with Crippen LogP contribution < -0.4 is 0 Å². The molecule has 0 atom stereocenters. The highest BCUT2D eigenvalue weighted by molar-refractivity contribution is 7.19. The monoisotopic (exact) mass is 447 g/mol. The Hall–Kier alpha value is -3.55. The molecule has 0 N–H and O–H groups in total.